The Morgan fingerprint density at radius 2 is 2.12 bits per heavy atom. The highest BCUT2D eigenvalue weighted by molar-refractivity contribution is 5.78. The first-order valence-electron chi connectivity index (χ1n) is 6.52. The summed E-state index contributed by atoms with van der Waals surface area (Å²) in [5.41, 5.74) is 1.57. The average molecular weight is 222 g/mol. The van der Waals surface area contributed by atoms with Crippen molar-refractivity contribution in [2.45, 2.75) is 38.5 Å². The monoisotopic (exact) mass is 222 g/mol. The molecule has 0 radical (unpaired) electrons. The summed E-state index contributed by atoms with van der Waals surface area (Å²) in [5, 5.41) is 3.26. The Bertz CT molecular complexity index is 267. The average Bonchev–Trinajstić information content (AvgIpc) is 2.96. The number of carbonyl (C=O) groups excluding carboxylic acids is 1. The maximum absolute atomic E-state index is 11.7. The molecule has 1 aliphatic carbocycles. The van der Waals surface area contributed by atoms with Gasteiger partial charge in [0.15, 0.2) is 0 Å². The van der Waals surface area contributed by atoms with Crippen LogP contribution in [0, 0.1) is 0 Å². The van der Waals surface area contributed by atoms with Gasteiger partial charge < -0.3 is 10.2 Å². The summed E-state index contributed by atoms with van der Waals surface area (Å²) < 4.78 is 0. The van der Waals surface area contributed by atoms with Gasteiger partial charge in [-0.15, -0.1) is 0 Å². The molecular formula is C13H22N2O. The maximum atomic E-state index is 11.7. The van der Waals surface area contributed by atoms with Crippen LogP contribution in [0.5, 0.6) is 0 Å². The molecule has 2 aliphatic rings. The van der Waals surface area contributed by atoms with Gasteiger partial charge in [-0.05, 0) is 45.1 Å². The fraction of sp³-hybridized carbons (Fsp3) is 0.769. The number of nitrogens with zero attached hydrogens (tertiary/aromatic N) is 1. The lowest BCUT2D eigenvalue weighted by molar-refractivity contribution is -0.129. The van der Waals surface area contributed by atoms with Crippen molar-refractivity contribution < 1.29 is 4.79 Å². The molecule has 1 amide bonds. The third-order valence-electron chi connectivity index (χ3n) is 3.49. The van der Waals surface area contributed by atoms with Crippen LogP contribution in [0.3, 0.4) is 0 Å². The van der Waals surface area contributed by atoms with Crippen LogP contribution < -0.4 is 5.32 Å². The van der Waals surface area contributed by atoms with Crippen LogP contribution in [-0.2, 0) is 4.79 Å². The number of hydrogen-bond acceptors (Lipinski definition) is 2. The second kappa shape index (κ2) is 6.04. The molecule has 0 saturated carbocycles. The second-order valence-corrected chi connectivity index (χ2v) is 4.77. The third kappa shape index (κ3) is 3.34. The van der Waals surface area contributed by atoms with Gasteiger partial charge in [0.25, 0.3) is 0 Å². The molecule has 0 unspecified atom stereocenters. The van der Waals surface area contributed by atoms with Crippen molar-refractivity contribution in [1.82, 2.24) is 10.2 Å². The van der Waals surface area contributed by atoms with Crippen LogP contribution in [-0.4, -0.2) is 37.0 Å². The highest BCUT2D eigenvalue weighted by Gasteiger charge is 2.16. The lowest BCUT2D eigenvalue weighted by Crippen LogP contribution is -2.36. The number of carbonyl (C=O) groups is 1. The fourth-order valence-corrected chi connectivity index (χ4v) is 2.49. The predicted molar refractivity (Wildman–Crippen MR) is 65.2 cm³/mol. The Balaban J connectivity index is 1.55. The highest BCUT2D eigenvalue weighted by Crippen LogP contribution is 2.19. The van der Waals surface area contributed by atoms with Crippen LogP contribution in [0.15, 0.2) is 11.6 Å². The molecule has 0 bridgehead atoms. The summed E-state index contributed by atoms with van der Waals surface area (Å²) in [5.74, 6) is 0.276. The first-order chi connectivity index (χ1) is 7.86. The van der Waals surface area contributed by atoms with Crippen LogP contribution in [0.4, 0.5) is 0 Å². The molecule has 90 valence electrons. The summed E-state index contributed by atoms with van der Waals surface area (Å²) >= 11 is 0. The van der Waals surface area contributed by atoms with E-state index in [2.05, 4.69) is 11.4 Å². The molecule has 2 rings (SSSR count). The molecule has 1 aliphatic heterocycles. The Kier molecular flexibility index (Phi) is 4.40. The molecule has 0 spiro atoms. The number of nitrogens with one attached hydrogen (secondary N) is 1. The summed E-state index contributed by atoms with van der Waals surface area (Å²) in [7, 11) is 0. The molecule has 1 saturated heterocycles. The zero-order valence-corrected chi connectivity index (χ0v) is 10.0. The molecule has 3 heteroatoms. The SMILES string of the molecule is O=C(CNCCC1=CCCC1)N1CCCC1. The zero-order chi connectivity index (χ0) is 11.2. The number of allylic oxidation sites excluding steroid dienone is 1. The smallest absolute Gasteiger partial charge is 0.236 e. The predicted octanol–water partition coefficient (Wildman–Crippen LogP) is 1.70. The van der Waals surface area contributed by atoms with E-state index in [9.17, 15) is 4.79 Å². The minimum atomic E-state index is 0.276. The highest BCUT2D eigenvalue weighted by atomic mass is 16.2. The number of rotatable bonds is 5. The second-order valence-electron chi connectivity index (χ2n) is 4.77. The van der Waals surface area contributed by atoms with E-state index in [1.165, 1.54) is 32.1 Å². The van der Waals surface area contributed by atoms with Crippen molar-refractivity contribution in [3.63, 3.8) is 0 Å². The van der Waals surface area contributed by atoms with E-state index < -0.39 is 0 Å². The number of likely N-dealkylation sites (tertiary alicyclic amines) is 1. The van der Waals surface area contributed by atoms with Gasteiger partial charge >= 0.3 is 0 Å². The summed E-state index contributed by atoms with van der Waals surface area (Å²) in [6, 6.07) is 0. The Morgan fingerprint density at radius 3 is 2.81 bits per heavy atom. The molecule has 16 heavy (non-hydrogen) atoms. The van der Waals surface area contributed by atoms with E-state index in [0.717, 1.165) is 26.1 Å². The molecule has 3 nitrogen and oxygen atoms in total. The van der Waals surface area contributed by atoms with Crippen molar-refractivity contribution in [2.24, 2.45) is 0 Å². The van der Waals surface area contributed by atoms with Crippen molar-refractivity contribution in [3.05, 3.63) is 11.6 Å². The molecule has 1 heterocycles. The molecule has 1 N–H and O–H groups in total. The largest absolute Gasteiger partial charge is 0.342 e. The minimum absolute atomic E-state index is 0.276. The first kappa shape index (κ1) is 11.6. The van der Waals surface area contributed by atoms with E-state index >= 15 is 0 Å². The van der Waals surface area contributed by atoms with E-state index in [0.29, 0.717) is 6.54 Å². The fourth-order valence-electron chi connectivity index (χ4n) is 2.49. The standard InChI is InChI=1S/C13H22N2O/c16-13(15-9-3-4-10-15)11-14-8-7-12-5-1-2-6-12/h5,14H,1-4,6-11H2. The van der Waals surface area contributed by atoms with Gasteiger partial charge in [-0.25, -0.2) is 0 Å². The molecule has 0 aromatic rings. The van der Waals surface area contributed by atoms with Crippen LogP contribution in [0.25, 0.3) is 0 Å². The van der Waals surface area contributed by atoms with Gasteiger partial charge in [-0.2, -0.15) is 0 Å². The lowest BCUT2D eigenvalue weighted by atomic mass is 10.2. The lowest BCUT2D eigenvalue weighted by Gasteiger charge is -2.15. The van der Waals surface area contributed by atoms with Crippen LogP contribution in [0.2, 0.25) is 0 Å². The van der Waals surface area contributed by atoms with Crippen LogP contribution in [0.1, 0.15) is 38.5 Å². The Labute approximate surface area is 97.9 Å². The minimum Gasteiger partial charge on any atom is -0.342 e. The van der Waals surface area contributed by atoms with Gasteiger partial charge in [0.1, 0.15) is 0 Å². The van der Waals surface area contributed by atoms with Gasteiger partial charge in [0.2, 0.25) is 5.91 Å². The zero-order valence-electron chi connectivity index (χ0n) is 10.0. The summed E-state index contributed by atoms with van der Waals surface area (Å²) in [6.07, 6.45) is 9.67. The summed E-state index contributed by atoms with van der Waals surface area (Å²) in [6.45, 7) is 3.40. The van der Waals surface area contributed by atoms with Gasteiger partial charge in [0.05, 0.1) is 6.54 Å². The van der Waals surface area contributed by atoms with Gasteiger partial charge in [-0.3, -0.25) is 4.79 Å². The van der Waals surface area contributed by atoms with Gasteiger partial charge in [0, 0.05) is 13.1 Å². The van der Waals surface area contributed by atoms with E-state index in [4.69, 9.17) is 0 Å². The molecule has 0 aromatic heterocycles. The van der Waals surface area contributed by atoms with Gasteiger partial charge in [-0.1, -0.05) is 11.6 Å². The molecule has 0 atom stereocenters. The van der Waals surface area contributed by atoms with Crippen molar-refractivity contribution in [2.75, 3.05) is 26.2 Å². The topological polar surface area (TPSA) is 32.3 Å². The van der Waals surface area contributed by atoms with Crippen molar-refractivity contribution >= 4 is 5.91 Å². The Morgan fingerprint density at radius 1 is 1.31 bits per heavy atom. The first-order valence-corrected chi connectivity index (χ1v) is 6.52. The molecule has 0 aromatic carbocycles. The van der Waals surface area contributed by atoms with E-state index in [-0.39, 0.29) is 5.91 Å². The normalized spacial score (nSPS) is 20.2. The van der Waals surface area contributed by atoms with E-state index in [1.807, 2.05) is 4.90 Å². The van der Waals surface area contributed by atoms with Crippen molar-refractivity contribution in [3.8, 4) is 0 Å². The third-order valence-corrected chi connectivity index (χ3v) is 3.49. The quantitative estimate of drug-likeness (QED) is 0.567. The number of amides is 1. The van der Waals surface area contributed by atoms with Crippen LogP contribution >= 0.6 is 0 Å². The van der Waals surface area contributed by atoms with Crippen molar-refractivity contribution in [1.29, 1.82) is 0 Å². The molecule has 1 fully saturated rings. The molecular weight excluding hydrogens is 200 g/mol. The maximum Gasteiger partial charge on any atom is 0.236 e. The Hall–Kier alpha value is -0.830. The summed E-state index contributed by atoms with van der Waals surface area (Å²) in [4.78, 5) is 13.7. The van der Waals surface area contributed by atoms with E-state index in [1.54, 1.807) is 5.57 Å². The number of hydrogen-bond donors (Lipinski definition) is 1.